The number of hydrogen-bond acceptors (Lipinski definition) is 3. The van der Waals surface area contributed by atoms with Gasteiger partial charge in [0, 0.05) is 5.56 Å². The van der Waals surface area contributed by atoms with E-state index in [1.807, 2.05) is 60.7 Å². The van der Waals surface area contributed by atoms with Crippen LogP contribution in [0.4, 0.5) is 4.79 Å². The highest BCUT2D eigenvalue weighted by atomic mass is 79.9. The number of carbonyl (C=O) groups is 1. The maximum atomic E-state index is 11.5. The summed E-state index contributed by atoms with van der Waals surface area (Å²) in [6.45, 7) is 0. The van der Waals surface area contributed by atoms with Crippen molar-refractivity contribution < 1.29 is 14.3 Å². The van der Waals surface area contributed by atoms with Gasteiger partial charge in [-0.1, -0.05) is 60.7 Å². The number of halogens is 1. The molecular formula is C15H11BrO3. The molecule has 3 nitrogen and oxygen atoms in total. The average molecular weight is 319 g/mol. The molecule has 1 saturated heterocycles. The lowest BCUT2D eigenvalue weighted by Gasteiger charge is -2.25. The minimum atomic E-state index is -0.979. The van der Waals surface area contributed by atoms with E-state index in [1.165, 1.54) is 0 Å². The van der Waals surface area contributed by atoms with Gasteiger partial charge in [-0.05, 0) is 21.5 Å². The van der Waals surface area contributed by atoms with Crippen molar-refractivity contribution in [3.63, 3.8) is 0 Å². The fourth-order valence-electron chi connectivity index (χ4n) is 2.16. The number of cyclic esters (lactones) is 2. The zero-order valence-corrected chi connectivity index (χ0v) is 11.5. The van der Waals surface area contributed by atoms with E-state index in [0.717, 1.165) is 11.1 Å². The Balaban J connectivity index is 2.06. The lowest BCUT2D eigenvalue weighted by atomic mass is 9.98. The third-order valence-electron chi connectivity index (χ3n) is 3.05. The van der Waals surface area contributed by atoms with Gasteiger partial charge in [-0.3, -0.25) is 0 Å². The van der Waals surface area contributed by atoms with Gasteiger partial charge in [-0.25, -0.2) is 4.79 Å². The summed E-state index contributed by atoms with van der Waals surface area (Å²) in [6.07, 6.45) is -1.18. The first-order valence-corrected chi connectivity index (χ1v) is 6.68. The zero-order chi connectivity index (χ0) is 13.3. The smallest absolute Gasteiger partial charge is 0.420 e. The molecule has 1 heterocycles. The van der Waals surface area contributed by atoms with Gasteiger partial charge >= 0.3 is 6.16 Å². The molecule has 2 unspecified atom stereocenters. The zero-order valence-electron chi connectivity index (χ0n) is 9.95. The first-order chi connectivity index (χ1) is 9.20. The van der Waals surface area contributed by atoms with Gasteiger partial charge in [-0.2, -0.15) is 0 Å². The highest BCUT2D eigenvalue weighted by molar-refractivity contribution is 9.09. The predicted molar refractivity (Wildman–Crippen MR) is 73.8 cm³/mol. The van der Waals surface area contributed by atoms with Crippen LogP contribution in [-0.2, 0) is 14.0 Å². The topological polar surface area (TPSA) is 35.5 Å². The molecule has 0 amide bonds. The lowest BCUT2D eigenvalue weighted by Crippen LogP contribution is -2.24. The van der Waals surface area contributed by atoms with E-state index in [1.54, 1.807) is 0 Å². The van der Waals surface area contributed by atoms with E-state index in [-0.39, 0.29) is 0 Å². The molecule has 2 aromatic rings. The average Bonchev–Trinajstić information content (AvgIpc) is 2.77. The lowest BCUT2D eigenvalue weighted by molar-refractivity contribution is 0.110. The van der Waals surface area contributed by atoms with Crippen LogP contribution in [0.2, 0.25) is 0 Å². The molecule has 0 aliphatic carbocycles. The van der Waals surface area contributed by atoms with Crippen LogP contribution in [0.1, 0.15) is 17.2 Å². The summed E-state index contributed by atoms with van der Waals surface area (Å²) >= 11 is 3.53. The second-order valence-electron chi connectivity index (χ2n) is 4.27. The van der Waals surface area contributed by atoms with E-state index in [2.05, 4.69) is 15.9 Å². The van der Waals surface area contributed by atoms with Gasteiger partial charge in [0.2, 0.25) is 4.51 Å². The van der Waals surface area contributed by atoms with E-state index in [0.29, 0.717) is 0 Å². The Morgan fingerprint density at radius 1 is 0.947 bits per heavy atom. The Hall–Kier alpha value is -1.81. The van der Waals surface area contributed by atoms with E-state index >= 15 is 0 Å². The summed E-state index contributed by atoms with van der Waals surface area (Å²) in [7, 11) is 0. The summed E-state index contributed by atoms with van der Waals surface area (Å²) in [6, 6.07) is 19.0. The molecule has 0 saturated carbocycles. The SMILES string of the molecule is O=C1OC(c2ccccc2)C(Br)(c2ccccc2)O1. The molecule has 96 valence electrons. The van der Waals surface area contributed by atoms with Crippen LogP contribution in [0, 0.1) is 0 Å². The number of ether oxygens (including phenoxy) is 2. The minimum Gasteiger partial charge on any atom is -0.420 e. The number of rotatable bonds is 2. The molecule has 1 aliphatic heterocycles. The molecular weight excluding hydrogens is 308 g/mol. The van der Waals surface area contributed by atoms with E-state index < -0.39 is 16.8 Å². The Morgan fingerprint density at radius 3 is 2.16 bits per heavy atom. The molecule has 1 fully saturated rings. The van der Waals surface area contributed by atoms with Crippen molar-refractivity contribution in [2.75, 3.05) is 0 Å². The number of carbonyl (C=O) groups excluding carboxylic acids is 1. The summed E-state index contributed by atoms with van der Waals surface area (Å²) in [5, 5.41) is 0. The monoisotopic (exact) mass is 318 g/mol. The van der Waals surface area contributed by atoms with Crippen molar-refractivity contribution in [2.24, 2.45) is 0 Å². The largest absolute Gasteiger partial charge is 0.510 e. The van der Waals surface area contributed by atoms with Gasteiger partial charge in [0.1, 0.15) is 0 Å². The Labute approximate surface area is 119 Å². The van der Waals surface area contributed by atoms with Crippen LogP contribution in [0.25, 0.3) is 0 Å². The van der Waals surface area contributed by atoms with Gasteiger partial charge < -0.3 is 9.47 Å². The number of benzene rings is 2. The maximum absolute atomic E-state index is 11.5. The van der Waals surface area contributed by atoms with Crippen molar-refractivity contribution in [1.82, 2.24) is 0 Å². The predicted octanol–water partition coefficient (Wildman–Crippen LogP) is 4.14. The highest BCUT2D eigenvalue weighted by Gasteiger charge is 2.51. The third kappa shape index (κ3) is 2.12. The van der Waals surface area contributed by atoms with E-state index in [4.69, 9.17) is 9.47 Å². The third-order valence-corrected chi connectivity index (χ3v) is 4.09. The second-order valence-corrected chi connectivity index (χ2v) is 5.45. The highest BCUT2D eigenvalue weighted by Crippen LogP contribution is 2.50. The van der Waals surface area contributed by atoms with Crippen LogP contribution < -0.4 is 0 Å². The van der Waals surface area contributed by atoms with Crippen LogP contribution in [0.15, 0.2) is 60.7 Å². The molecule has 0 N–H and O–H groups in total. The molecule has 0 spiro atoms. The van der Waals surface area contributed by atoms with Crippen LogP contribution in [0.3, 0.4) is 0 Å². The van der Waals surface area contributed by atoms with Gasteiger partial charge in [0.25, 0.3) is 0 Å². The normalized spacial score (nSPS) is 25.7. The van der Waals surface area contributed by atoms with Crippen molar-refractivity contribution in [1.29, 1.82) is 0 Å². The molecule has 19 heavy (non-hydrogen) atoms. The number of hydrogen-bond donors (Lipinski definition) is 0. The fourth-order valence-corrected chi connectivity index (χ4v) is 2.91. The summed E-state index contributed by atoms with van der Waals surface area (Å²) in [5.74, 6) is 0. The molecule has 0 aromatic heterocycles. The summed E-state index contributed by atoms with van der Waals surface area (Å²) in [4.78, 5) is 11.5. The Bertz CT molecular complexity index is 585. The number of alkyl halides is 1. The van der Waals surface area contributed by atoms with Crippen molar-refractivity contribution in [3.8, 4) is 0 Å². The molecule has 1 aliphatic rings. The van der Waals surface area contributed by atoms with Crippen molar-refractivity contribution in [2.45, 2.75) is 10.6 Å². The van der Waals surface area contributed by atoms with Crippen LogP contribution >= 0.6 is 15.9 Å². The Morgan fingerprint density at radius 2 is 1.53 bits per heavy atom. The molecule has 4 heteroatoms. The maximum Gasteiger partial charge on any atom is 0.510 e. The first kappa shape index (κ1) is 12.2. The van der Waals surface area contributed by atoms with Crippen molar-refractivity contribution in [3.05, 3.63) is 71.8 Å². The standard InChI is InChI=1S/C15H11BrO3/c16-15(12-9-5-2-6-10-12)13(18-14(17)19-15)11-7-3-1-4-8-11/h1-10,13H. The second kappa shape index (κ2) is 4.70. The first-order valence-electron chi connectivity index (χ1n) is 5.89. The van der Waals surface area contributed by atoms with Gasteiger partial charge in [0.05, 0.1) is 0 Å². The molecule has 3 rings (SSSR count). The van der Waals surface area contributed by atoms with Crippen LogP contribution in [0.5, 0.6) is 0 Å². The summed E-state index contributed by atoms with van der Waals surface area (Å²) in [5.41, 5.74) is 1.73. The molecule has 0 bridgehead atoms. The molecule has 2 aromatic carbocycles. The Kier molecular flexibility index (Phi) is 3.03. The molecule has 0 radical (unpaired) electrons. The van der Waals surface area contributed by atoms with Gasteiger partial charge in [-0.15, -0.1) is 0 Å². The minimum absolute atomic E-state index is 0.511. The quantitative estimate of drug-likeness (QED) is 0.616. The molecule has 2 atom stereocenters. The van der Waals surface area contributed by atoms with E-state index in [9.17, 15) is 4.79 Å². The fraction of sp³-hybridized carbons (Fsp3) is 0.133. The summed E-state index contributed by atoms with van der Waals surface area (Å²) < 4.78 is 9.69. The van der Waals surface area contributed by atoms with Crippen LogP contribution in [-0.4, -0.2) is 6.16 Å². The van der Waals surface area contributed by atoms with Gasteiger partial charge in [0.15, 0.2) is 6.10 Å². The van der Waals surface area contributed by atoms with Crippen molar-refractivity contribution >= 4 is 22.1 Å².